The molecule has 9 heteroatoms. The lowest BCUT2D eigenvalue weighted by atomic mass is 9.97. The van der Waals surface area contributed by atoms with E-state index in [1.165, 1.54) is 0 Å². The van der Waals surface area contributed by atoms with E-state index in [-0.39, 0.29) is 12.8 Å². The quantitative estimate of drug-likeness (QED) is 0.384. The molecule has 0 aliphatic rings. The first-order valence-corrected chi connectivity index (χ1v) is 11.4. The summed E-state index contributed by atoms with van der Waals surface area (Å²) in [6.07, 6.45) is 4.58. The molecule has 0 aliphatic heterocycles. The minimum absolute atomic E-state index is 0.119. The molecule has 0 fully saturated rings. The summed E-state index contributed by atoms with van der Waals surface area (Å²) in [6.45, 7) is 14.3. The Morgan fingerprint density at radius 2 is 1.69 bits per heavy atom. The van der Waals surface area contributed by atoms with Gasteiger partial charge in [0.1, 0.15) is 17.7 Å². The average molecular weight is 487 g/mol. The van der Waals surface area contributed by atoms with Gasteiger partial charge in [-0.25, -0.2) is 4.79 Å². The predicted octanol–water partition coefficient (Wildman–Crippen LogP) is 2.84. The molecule has 2 atom stereocenters. The standard InChI is InChI=1S/C26H38N4O5/c1-10-30(23(33)19(13-14-20(27)31)28-24(34)35-26(7,8)9)21(22(32)29-25(4,5)6)18-12-11-16(2)17(3)15-18/h1,11-12,15,19,21H,13-14H2,2-9H3,(H2,27,31)(H,28,34)(H,29,32). The van der Waals surface area contributed by atoms with Crippen LogP contribution in [0.5, 0.6) is 0 Å². The van der Waals surface area contributed by atoms with Gasteiger partial charge in [0.2, 0.25) is 11.8 Å². The molecule has 0 heterocycles. The highest BCUT2D eigenvalue weighted by atomic mass is 16.6. The lowest BCUT2D eigenvalue weighted by Gasteiger charge is -2.32. The van der Waals surface area contributed by atoms with Crippen LogP contribution < -0.4 is 16.4 Å². The van der Waals surface area contributed by atoms with Crippen LogP contribution in [0.1, 0.15) is 77.1 Å². The molecule has 0 bridgehead atoms. The van der Waals surface area contributed by atoms with Crippen LogP contribution in [0, 0.1) is 26.3 Å². The van der Waals surface area contributed by atoms with Crippen LogP contribution in [0.4, 0.5) is 4.79 Å². The summed E-state index contributed by atoms with van der Waals surface area (Å²) >= 11 is 0. The van der Waals surface area contributed by atoms with Gasteiger partial charge in [0.25, 0.3) is 5.91 Å². The van der Waals surface area contributed by atoms with Crippen LogP contribution in [0.2, 0.25) is 0 Å². The maximum atomic E-state index is 13.6. The molecule has 192 valence electrons. The molecular weight excluding hydrogens is 448 g/mol. The smallest absolute Gasteiger partial charge is 0.408 e. The van der Waals surface area contributed by atoms with E-state index in [1.54, 1.807) is 32.9 Å². The van der Waals surface area contributed by atoms with Crippen molar-refractivity contribution in [2.24, 2.45) is 5.73 Å². The van der Waals surface area contributed by atoms with Gasteiger partial charge < -0.3 is 21.1 Å². The van der Waals surface area contributed by atoms with Gasteiger partial charge in [0, 0.05) is 18.0 Å². The molecule has 4 amide bonds. The number of rotatable bonds is 8. The number of aryl methyl sites for hydroxylation is 2. The van der Waals surface area contributed by atoms with Gasteiger partial charge in [0.05, 0.1) is 0 Å². The van der Waals surface area contributed by atoms with Crippen LogP contribution in [-0.2, 0) is 19.1 Å². The van der Waals surface area contributed by atoms with Crippen LogP contribution in [0.15, 0.2) is 18.2 Å². The van der Waals surface area contributed by atoms with Crippen molar-refractivity contribution >= 4 is 23.8 Å². The summed E-state index contributed by atoms with van der Waals surface area (Å²) < 4.78 is 5.26. The second-order valence-electron chi connectivity index (χ2n) is 10.5. The summed E-state index contributed by atoms with van der Waals surface area (Å²) in [5.74, 6) is -1.89. The number of nitrogens with zero attached hydrogens (tertiary/aromatic N) is 1. The van der Waals surface area contributed by atoms with E-state index in [9.17, 15) is 19.2 Å². The van der Waals surface area contributed by atoms with Gasteiger partial charge in [-0.2, -0.15) is 0 Å². The second kappa shape index (κ2) is 11.7. The molecule has 1 aromatic rings. The van der Waals surface area contributed by atoms with Crippen molar-refractivity contribution in [3.05, 3.63) is 34.9 Å². The molecule has 0 radical (unpaired) electrons. The second-order valence-corrected chi connectivity index (χ2v) is 10.5. The third-order valence-electron chi connectivity index (χ3n) is 4.90. The Morgan fingerprint density at radius 3 is 2.14 bits per heavy atom. The Labute approximate surface area is 208 Å². The first-order chi connectivity index (χ1) is 15.9. The van der Waals surface area contributed by atoms with Gasteiger partial charge >= 0.3 is 6.09 Å². The number of terminal acetylenes is 1. The Bertz CT molecular complexity index is 998. The summed E-state index contributed by atoms with van der Waals surface area (Å²) in [5.41, 5.74) is 6.28. The normalized spacial score (nSPS) is 13.1. The fourth-order valence-electron chi connectivity index (χ4n) is 3.22. The summed E-state index contributed by atoms with van der Waals surface area (Å²) in [6, 6.07) is 5.24. The highest BCUT2D eigenvalue weighted by Gasteiger charge is 2.37. The Balaban J connectivity index is 3.47. The van der Waals surface area contributed by atoms with Gasteiger partial charge in [-0.3, -0.25) is 19.3 Å². The molecule has 0 saturated heterocycles. The Kier molecular flexibility index (Phi) is 9.89. The third-order valence-corrected chi connectivity index (χ3v) is 4.90. The van der Waals surface area contributed by atoms with Crippen LogP contribution >= 0.6 is 0 Å². The van der Waals surface area contributed by atoms with E-state index in [0.717, 1.165) is 16.0 Å². The number of benzene rings is 1. The number of amides is 4. The van der Waals surface area contributed by atoms with Crippen molar-refractivity contribution in [2.45, 2.75) is 91.5 Å². The van der Waals surface area contributed by atoms with Crippen molar-refractivity contribution in [3.8, 4) is 12.5 Å². The molecule has 0 aliphatic carbocycles. The maximum absolute atomic E-state index is 13.6. The van der Waals surface area contributed by atoms with Gasteiger partial charge in [-0.15, -0.1) is 0 Å². The molecule has 1 rings (SSSR count). The number of carbonyl (C=O) groups is 4. The van der Waals surface area contributed by atoms with E-state index < -0.39 is 47.0 Å². The zero-order valence-electron chi connectivity index (χ0n) is 21.9. The first-order valence-electron chi connectivity index (χ1n) is 11.4. The van der Waals surface area contributed by atoms with Gasteiger partial charge in [-0.05, 0) is 78.5 Å². The number of hydrogen-bond donors (Lipinski definition) is 3. The fourth-order valence-corrected chi connectivity index (χ4v) is 3.22. The number of carbonyl (C=O) groups excluding carboxylic acids is 4. The van der Waals surface area contributed by atoms with E-state index in [4.69, 9.17) is 16.9 Å². The number of ether oxygens (including phenoxy) is 1. The van der Waals surface area contributed by atoms with Crippen LogP contribution in [0.25, 0.3) is 0 Å². The monoisotopic (exact) mass is 486 g/mol. The molecule has 2 unspecified atom stereocenters. The van der Waals surface area contributed by atoms with Crippen LogP contribution in [0.3, 0.4) is 0 Å². The number of hydrogen-bond acceptors (Lipinski definition) is 5. The third kappa shape index (κ3) is 9.69. The minimum Gasteiger partial charge on any atom is -0.444 e. The fraction of sp³-hybridized carbons (Fsp3) is 0.538. The van der Waals surface area contributed by atoms with Crippen molar-refractivity contribution in [3.63, 3.8) is 0 Å². The summed E-state index contributed by atoms with van der Waals surface area (Å²) in [5, 5.41) is 5.34. The van der Waals surface area contributed by atoms with Gasteiger partial charge in [0.15, 0.2) is 0 Å². The SMILES string of the molecule is C#CN(C(=O)C(CCC(N)=O)NC(=O)OC(C)(C)C)C(C(=O)NC(C)(C)C)c1ccc(C)c(C)c1. The van der Waals surface area contributed by atoms with Gasteiger partial charge in [-0.1, -0.05) is 24.6 Å². The molecule has 0 saturated carbocycles. The maximum Gasteiger partial charge on any atom is 0.408 e. The topological polar surface area (TPSA) is 131 Å². The summed E-state index contributed by atoms with van der Waals surface area (Å²) in [7, 11) is 0. The first kappa shape index (κ1) is 29.5. The number of alkyl carbamates (subject to hydrolysis) is 1. The Hall–Kier alpha value is -3.54. The van der Waals surface area contributed by atoms with E-state index in [1.807, 2.05) is 40.7 Å². The lowest BCUT2D eigenvalue weighted by Crippen LogP contribution is -2.53. The van der Waals surface area contributed by atoms with E-state index in [2.05, 4.69) is 16.7 Å². The van der Waals surface area contributed by atoms with Crippen molar-refractivity contribution in [1.29, 1.82) is 0 Å². The zero-order valence-corrected chi connectivity index (χ0v) is 21.9. The number of primary amides is 1. The highest BCUT2D eigenvalue weighted by molar-refractivity contribution is 5.93. The highest BCUT2D eigenvalue weighted by Crippen LogP contribution is 2.25. The molecule has 1 aromatic carbocycles. The molecular formula is C26H38N4O5. The molecule has 0 spiro atoms. The van der Waals surface area contributed by atoms with Crippen molar-refractivity contribution in [1.82, 2.24) is 15.5 Å². The van der Waals surface area contributed by atoms with Crippen LogP contribution in [-0.4, -0.2) is 45.9 Å². The molecule has 0 aromatic heterocycles. The predicted molar refractivity (Wildman–Crippen MR) is 134 cm³/mol. The van der Waals surface area contributed by atoms with E-state index in [0.29, 0.717) is 5.56 Å². The molecule has 4 N–H and O–H groups in total. The average Bonchev–Trinajstić information content (AvgIpc) is 2.68. The van der Waals surface area contributed by atoms with Crippen molar-refractivity contribution < 1.29 is 23.9 Å². The van der Waals surface area contributed by atoms with E-state index >= 15 is 0 Å². The minimum atomic E-state index is -1.25. The summed E-state index contributed by atoms with van der Waals surface area (Å²) in [4.78, 5) is 51.8. The zero-order chi connectivity index (χ0) is 27.1. The lowest BCUT2D eigenvalue weighted by molar-refractivity contribution is -0.139. The Morgan fingerprint density at radius 1 is 1.09 bits per heavy atom. The largest absolute Gasteiger partial charge is 0.444 e. The molecule has 35 heavy (non-hydrogen) atoms. The van der Waals surface area contributed by atoms with Crippen molar-refractivity contribution in [2.75, 3.05) is 0 Å². The number of nitrogens with two attached hydrogens (primary N) is 1. The molecule has 9 nitrogen and oxygen atoms in total. The number of nitrogens with one attached hydrogen (secondary N) is 2.